The van der Waals surface area contributed by atoms with Crippen molar-refractivity contribution in [3.8, 4) is 0 Å². The summed E-state index contributed by atoms with van der Waals surface area (Å²) in [7, 11) is 0. The summed E-state index contributed by atoms with van der Waals surface area (Å²) in [6.45, 7) is 9.79. The van der Waals surface area contributed by atoms with E-state index in [1.807, 2.05) is 6.92 Å². The molecule has 2 aliphatic heterocycles. The molecule has 0 amide bonds. The molecule has 0 bridgehead atoms. The molecule has 28 heavy (non-hydrogen) atoms. The molecule has 5 heteroatoms. The molecule has 0 radical (unpaired) electrons. The van der Waals surface area contributed by atoms with Crippen LogP contribution in [0.15, 0.2) is 24.3 Å². The number of nitrogens with one attached hydrogen (secondary N) is 1. The van der Waals surface area contributed by atoms with Crippen LogP contribution >= 0.6 is 0 Å². The van der Waals surface area contributed by atoms with Gasteiger partial charge in [-0.2, -0.15) is 0 Å². The van der Waals surface area contributed by atoms with Gasteiger partial charge in [0.05, 0.1) is 12.5 Å². The average molecular weight is 384 g/mol. The third kappa shape index (κ3) is 4.26. The van der Waals surface area contributed by atoms with Gasteiger partial charge >= 0.3 is 5.97 Å². The van der Waals surface area contributed by atoms with Gasteiger partial charge in [-0.15, -0.1) is 0 Å². The molecule has 1 unspecified atom stereocenters. The molecule has 1 atom stereocenters. The van der Waals surface area contributed by atoms with Crippen LogP contribution in [0.25, 0.3) is 10.9 Å². The van der Waals surface area contributed by atoms with E-state index in [0.29, 0.717) is 12.6 Å². The first-order valence-electron chi connectivity index (χ1n) is 10.8. The molecule has 152 valence electrons. The molecule has 0 aliphatic carbocycles. The zero-order valence-corrected chi connectivity index (χ0v) is 17.2. The first-order valence-corrected chi connectivity index (χ1v) is 10.8. The highest BCUT2D eigenvalue weighted by Gasteiger charge is 2.32. The molecule has 2 saturated heterocycles. The Kier molecular flexibility index (Phi) is 6.02. The first-order chi connectivity index (χ1) is 13.6. The van der Waals surface area contributed by atoms with Crippen LogP contribution in [0.5, 0.6) is 0 Å². The molecule has 4 rings (SSSR count). The maximum absolute atomic E-state index is 12.1. The van der Waals surface area contributed by atoms with E-state index in [1.165, 1.54) is 35.0 Å². The van der Waals surface area contributed by atoms with Gasteiger partial charge < -0.3 is 9.72 Å². The van der Waals surface area contributed by atoms with Gasteiger partial charge in [0.2, 0.25) is 0 Å². The molecule has 3 heterocycles. The van der Waals surface area contributed by atoms with Crippen molar-refractivity contribution in [2.45, 2.75) is 52.1 Å². The topological polar surface area (TPSA) is 48.6 Å². The first kappa shape index (κ1) is 19.5. The summed E-state index contributed by atoms with van der Waals surface area (Å²) < 4.78 is 5.26. The smallest absolute Gasteiger partial charge is 0.310 e. The second-order valence-corrected chi connectivity index (χ2v) is 8.42. The maximum Gasteiger partial charge on any atom is 0.310 e. The molecule has 2 fully saturated rings. The van der Waals surface area contributed by atoms with Crippen LogP contribution in [0, 0.1) is 12.8 Å². The van der Waals surface area contributed by atoms with E-state index in [9.17, 15) is 4.79 Å². The van der Waals surface area contributed by atoms with Crippen LogP contribution in [-0.2, 0) is 16.1 Å². The van der Waals surface area contributed by atoms with E-state index >= 15 is 0 Å². The Balaban J connectivity index is 1.32. The van der Waals surface area contributed by atoms with E-state index < -0.39 is 0 Å². The van der Waals surface area contributed by atoms with E-state index in [2.05, 4.69) is 46.0 Å². The highest BCUT2D eigenvalue weighted by molar-refractivity contribution is 5.83. The number of carbonyl (C=O) groups excluding carboxylic acids is 1. The number of hydrogen-bond acceptors (Lipinski definition) is 4. The van der Waals surface area contributed by atoms with Crippen molar-refractivity contribution in [2.24, 2.45) is 5.92 Å². The molecule has 2 aromatic rings. The van der Waals surface area contributed by atoms with Gasteiger partial charge in [-0.1, -0.05) is 12.1 Å². The highest BCUT2D eigenvalue weighted by atomic mass is 16.5. The van der Waals surface area contributed by atoms with Crippen molar-refractivity contribution in [2.75, 3.05) is 32.8 Å². The van der Waals surface area contributed by atoms with Crippen molar-refractivity contribution in [3.63, 3.8) is 0 Å². The third-order valence-corrected chi connectivity index (χ3v) is 6.43. The second-order valence-electron chi connectivity index (χ2n) is 8.42. The Morgan fingerprint density at radius 1 is 1.21 bits per heavy atom. The number of piperidine rings is 2. The Morgan fingerprint density at radius 2 is 2.04 bits per heavy atom. The Morgan fingerprint density at radius 3 is 2.82 bits per heavy atom. The summed E-state index contributed by atoms with van der Waals surface area (Å²) in [5.74, 6) is 0.0701. The van der Waals surface area contributed by atoms with Gasteiger partial charge in [0.25, 0.3) is 0 Å². The summed E-state index contributed by atoms with van der Waals surface area (Å²) in [4.78, 5) is 20.7. The molecular weight excluding hydrogens is 350 g/mol. The standard InChI is InChI=1S/C23H33N3O2/c1-3-28-23(27)19-7-5-11-26(16-19)20-9-12-25(13-10-20)15-18-6-4-8-22-21(18)14-17(2)24-22/h4,6,8,14,19-20,24H,3,5,7,9-13,15-16H2,1-2H3. The number of esters is 1. The predicted octanol–water partition coefficient (Wildman–Crippen LogP) is 3.72. The lowest BCUT2D eigenvalue weighted by molar-refractivity contribution is -0.150. The number of rotatable bonds is 5. The molecular formula is C23H33N3O2. The third-order valence-electron chi connectivity index (χ3n) is 6.43. The number of likely N-dealkylation sites (tertiary alicyclic amines) is 2. The van der Waals surface area contributed by atoms with E-state index in [4.69, 9.17) is 4.74 Å². The normalized spacial score (nSPS) is 22.6. The average Bonchev–Trinajstić information content (AvgIpc) is 3.10. The van der Waals surface area contributed by atoms with Gasteiger partial charge in [0.15, 0.2) is 0 Å². The largest absolute Gasteiger partial charge is 0.466 e. The molecule has 1 aromatic carbocycles. The Labute approximate surface area is 168 Å². The van der Waals surface area contributed by atoms with Crippen LogP contribution in [-0.4, -0.2) is 59.6 Å². The van der Waals surface area contributed by atoms with Crippen molar-refractivity contribution in [1.29, 1.82) is 0 Å². The maximum atomic E-state index is 12.1. The van der Waals surface area contributed by atoms with Gasteiger partial charge in [0.1, 0.15) is 0 Å². The summed E-state index contributed by atoms with van der Waals surface area (Å²) in [6, 6.07) is 9.45. The van der Waals surface area contributed by atoms with Gasteiger partial charge in [0, 0.05) is 35.7 Å². The van der Waals surface area contributed by atoms with Gasteiger partial charge in [-0.05, 0) is 76.9 Å². The fourth-order valence-corrected chi connectivity index (χ4v) is 4.97. The number of fused-ring (bicyclic) bond motifs is 1. The molecule has 1 N–H and O–H groups in total. The van der Waals surface area contributed by atoms with Crippen LogP contribution in [0.1, 0.15) is 43.9 Å². The van der Waals surface area contributed by atoms with Gasteiger partial charge in [-0.3, -0.25) is 14.6 Å². The SMILES string of the molecule is CCOC(=O)C1CCCN(C2CCN(Cc3cccc4[nH]c(C)cc34)CC2)C1. The lowest BCUT2D eigenvalue weighted by Gasteiger charge is -2.41. The Hall–Kier alpha value is -1.85. The molecule has 0 spiro atoms. The van der Waals surface area contributed by atoms with Crippen molar-refractivity contribution >= 4 is 16.9 Å². The molecule has 5 nitrogen and oxygen atoms in total. The molecule has 2 aliphatic rings. The van der Waals surface area contributed by atoms with Crippen molar-refractivity contribution in [1.82, 2.24) is 14.8 Å². The fourth-order valence-electron chi connectivity index (χ4n) is 4.97. The van der Waals surface area contributed by atoms with E-state index in [0.717, 1.165) is 45.6 Å². The molecule has 0 saturated carbocycles. The number of nitrogens with zero attached hydrogens (tertiary/aromatic N) is 2. The number of H-pyrrole nitrogens is 1. The van der Waals surface area contributed by atoms with Crippen molar-refractivity contribution < 1.29 is 9.53 Å². The summed E-state index contributed by atoms with van der Waals surface area (Å²) in [5, 5.41) is 1.36. The van der Waals surface area contributed by atoms with Crippen LogP contribution < -0.4 is 0 Å². The van der Waals surface area contributed by atoms with Crippen molar-refractivity contribution in [3.05, 3.63) is 35.5 Å². The Bertz CT molecular complexity index is 807. The van der Waals surface area contributed by atoms with Crippen LogP contribution in [0.4, 0.5) is 0 Å². The van der Waals surface area contributed by atoms with Gasteiger partial charge in [-0.25, -0.2) is 0 Å². The van der Waals surface area contributed by atoms with E-state index in [-0.39, 0.29) is 11.9 Å². The second kappa shape index (κ2) is 8.66. The van der Waals surface area contributed by atoms with Crippen LogP contribution in [0.3, 0.4) is 0 Å². The fraction of sp³-hybridized carbons (Fsp3) is 0.609. The number of hydrogen-bond donors (Lipinski definition) is 1. The monoisotopic (exact) mass is 383 g/mol. The summed E-state index contributed by atoms with van der Waals surface area (Å²) >= 11 is 0. The lowest BCUT2D eigenvalue weighted by atomic mass is 9.93. The minimum absolute atomic E-state index is 0.000438. The quantitative estimate of drug-likeness (QED) is 0.800. The number of ether oxygens (including phenoxy) is 1. The number of aromatic nitrogens is 1. The lowest BCUT2D eigenvalue weighted by Crippen LogP contribution is -2.49. The molecule has 1 aromatic heterocycles. The van der Waals surface area contributed by atoms with Crippen LogP contribution in [0.2, 0.25) is 0 Å². The predicted molar refractivity (Wildman–Crippen MR) is 112 cm³/mol. The highest BCUT2D eigenvalue weighted by Crippen LogP contribution is 2.27. The number of aromatic amines is 1. The number of carbonyl (C=O) groups is 1. The number of aryl methyl sites for hydroxylation is 1. The number of benzene rings is 1. The zero-order valence-electron chi connectivity index (χ0n) is 17.2. The summed E-state index contributed by atoms with van der Waals surface area (Å²) in [5.41, 5.74) is 3.88. The zero-order chi connectivity index (χ0) is 19.5. The summed E-state index contributed by atoms with van der Waals surface area (Å²) in [6.07, 6.45) is 4.47. The minimum atomic E-state index is -0.000438. The van der Waals surface area contributed by atoms with E-state index in [1.54, 1.807) is 0 Å². The minimum Gasteiger partial charge on any atom is -0.466 e.